The fourth-order valence-corrected chi connectivity index (χ4v) is 1.72. The van der Waals surface area contributed by atoms with Crippen molar-refractivity contribution in [3.05, 3.63) is 46.5 Å². The summed E-state index contributed by atoms with van der Waals surface area (Å²) in [5.74, 6) is -1.47. The lowest BCUT2D eigenvalue weighted by Crippen LogP contribution is -2.04. The van der Waals surface area contributed by atoms with Gasteiger partial charge >= 0.3 is 5.97 Å². The number of hydrogen-bond donors (Lipinski definition) is 1. The molecule has 0 aliphatic carbocycles. The Hall–Kier alpha value is -2.01. The number of nitrogens with zero attached hydrogens (tertiary/aromatic N) is 2. The van der Waals surface area contributed by atoms with Gasteiger partial charge in [-0.1, -0.05) is 11.6 Å². The lowest BCUT2D eigenvalue weighted by Gasteiger charge is -2.05. The van der Waals surface area contributed by atoms with E-state index in [4.69, 9.17) is 16.7 Å². The van der Waals surface area contributed by atoms with E-state index in [9.17, 15) is 9.18 Å². The Bertz CT molecular complexity index is 631. The van der Waals surface area contributed by atoms with Crippen LogP contribution in [-0.4, -0.2) is 21.0 Å². The third-order valence-corrected chi connectivity index (χ3v) is 2.56. The van der Waals surface area contributed by atoms with E-state index in [1.807, 2.05) is 0 Å². The zero-order valence-electron chi connectivity index (χ0n) is 9.32. The first-order chi connectivity index (χ1) is 8.47. The number of carboxylic acid groups (broad SMARTS) is 1. The molecule has 0 unspecified atom stereocenters. The molecular formula is C12H8ClFN2O2. The molecule has 0 atom stereocenters. The average molecular weight is 267 g/mol. The molecule has 18 heavy (non-hydrogen) atoms. The highest BCUT2D eigenvalue weighted by atomic mass is 35.5. The number of benzene rings is 1. The molecule has 0 saturated carbocycles. The molecule has 1 aromatic carbocycles. The van der Waals surface area contributed by atoms with E-state index in [1.54, 1.807) is 6.92 Å². The van der Waals surface area contributed by atoms with Crippen LogP contribution < -0.4 is 0 Å². The minimum atomic E-state index is -1.15. The average Bonchev–Trinajstić information content (AvgIpc) is 2.27. The standard InChI is InChI=1S/C12H8ClFN2O2/c1-6-4-10(12(17)18)16-11(15-6)8-3-2-7(14)5-9(8)13/h2-5H,1H3,(H,17,18). The summed E-state index contributed by atoms with van der Waals surface area (Å²) in [6, 6.07) is 5.11. The lowest BCUT2D eigenvalue weighted by molar-refractivity contribution is 0.0690. The number of rotatable bonds is 2. The van der Waals surface area contributed by atoms with Crippen LogP contribution in [0.15, 0.2) is 24.3 Å². The number of halogens is 2. The largest absolute Gasteiger partial charge is 0.477 e. The third-order valence-electron chi connectivity index (χ3n) is 2.25. The molecule has 4 nitrogen and oxygen atoms in total. The number of aryl methyl sites for hydroxylation is 1. The summed E-state index contributed by atoms with van der Waals surface area (Å²) < 4.78 is 12.9. The van der Waals surface area contributed by atoms with E-state index in [0.29, 0.717) is 11.3 Å². The molecule has 0 saturated heterocycles. The molecule has 2 aromatic rings. The van der Waals surface area contributed by atoms with Gasteiger partial charge in [-0.3, -0.25) is 0 Å². The summed E-state index contributed by atoms with van der Waals surface area (Å²) in [7, 11) is 0. The van der Waals surface area contributed by atoms with Crippen molar-refractivity contribution in [2.75, 3.05) is 0 Å². The number of hydrogen-bond acceptors (Lipinski definition) is 3. The van der Waals surface area contributed by atoms with Gasteiger partial charge in [-0.25, -0.2) is 19.2 Å². The monoisotopic (exact) mass is 266 g/mol. The maximum atomic E-state index is 12.9. The summed E-state index contributed by atoms with van der Waals surface area (Å²) in [6.07, 6.45) is 0. The number of carbonyl (C=O) groups is 1. The normalized spacial score (nSPS) is 10.4. The maximum Gasteiger partial charge on any atom is 0.354 e. The van der Waals surface area contributed by atoms with Crippen molar-refractivity contribution in [2.24, 2.45) is 0 Å². The summed E-state index contributed by atoms with van der Waals surface area (Å²) in [4.78, 5) is 18.9. The van der Waals surface area contributed by atoms with Crippen LogP contribution >= 0.6 is 11.6 Å². The van der Waals surface area contributed by atoms with Crippen molar-refractivity contribution in [1.29, 1.82) is 0 Å². The van der Waals surface area contributed by atoms with Crippen LogP contribution in [0.4, 0.5) is 4.39 Å². The molecule has 6 heteroatoms. The van der Waals surface area contributed by atoms with Crippen molar-refractivity contribution in [3.63, 3.8) is 0 Å². The zero-order valence-corrected chi connectivity index (χ0v) is 10.1. The molecule has 1 N–H and O–H groups in total. The smallest absolute Gasteiger partial charge is 0.354 e. The van der Waals surface area contributed by atoms with E-state index in [0.717, 1.165) is 6.07 Å². The van der Waals surface area contributed by atoms with Crippen molar-refractivity contribution in [3.8, 4) is 11.4 Å². The second-order valence-corrected chi connectivity index (χ2v) is 4.05. The zero-order chi connectivity index (χ0) is 13.3. The van der Waals surface area contributed by atoms with Gasteiger partial charge in [0.05, 0.1) is 5.02 Å². The Kier molecular flexibility index (Phi) is 3.25. The minimum absolute atomic E-state index is 0.127. The summed E-state index contributed by atoms with van der Waals surface area (Å²) >= 11 is 5.88. The lowest BCUT2D eigenvalue weighted by atomic mass is 10.2. The first-order valence-electron chi connectivity index (χ1n) is 5.02. The van der Waals surface area contributed by atoms with Gasteiger partial charge < -0.3 is 5.11 Å². The molecule has 2 rings (SSSR count). The van der Waals surface area contributed by atoms with Crippen LogP contribution in [0.2, 0.25) is 5.02 Å². The Morgan fingerprint density at radius 1 is 1.33 bits per heavy atom. The first kappa shape index (κ1) is 12.4. The van der Waals surface area contributed by atoms with Gasteiger partial charge in [-0.2, -0.15) is 0 Å². The summed E-state index contributed by atoms with van der Waals surface area (Å²) in [5.41, 5.74) is 0.764. The Labute approximate surface area is 107 Å². The van der Waals surface area contributed by atoms with Crippen molar-refractivity contribution in [2.45, 2.75) is 6.92 Å². The molecule has 0 radical (unpaired) electrons. The van der Waals surface area contributed by atoms with Gasteiger partial charge in [-0.15, -0.1) is 0 Å². The highest BCUT2D eigenvalue weighted by molar-refractivity contribution is 6.33. The van der Waals surface area contributed by atoms with Crippen LogP contribution in [-0.2, 0) is 0 Å². The van der Waals surface area contributed by atoms with E-state index < -0.39 is 11.8 Å². The first-order valence-corrected chi connectivity index (χ1v) is 5.39. The molecule has 0 aliphatic heterocycles. The molecule has 0 amide bonds. The molecule has 0 spiro atoms. The second-order valence-electron chi connectivity index (χ2n) is 3.65. The number of carboxylic acids is 1. The van der Waals surface area contributed by atoms with Gasteiger partial charge in [0.2, 0.25) is 0 Å². The van der Waals surface area contributed by atoms with Crippen molar-refractivity contribution >= 4 is 17.6 Å². The minimum Gasteiger partial charge on any atom is -0.477 e. The molecule has 0 fully saturated rings. The predicted molar refractivity (Wildman–Crippen MR) is 64.1 cm³/mol. The van der Waals surface area contributed by atoms with Crippen LogP contribution in [0.25, 0.3) is 11.4 Å². The van der Waals surface area contributed by atoms with E-state index in [1.165, 1.54) is 18.2 Å². The van der Waals surface area contributed by atoms with Gasteiger partial charge in [-0.05, 0) is 31.2 Å². The topological polar surface area (TPSA) is 63.1 Å². The van der Waals surface area contributed by atoms with Crippen molar-refractivity contribution in [1.82, 2.24) is 9.97 Å². The van der Waals surface area contributed by atoms with Crippen LogP contribution in [0, 0.1) is 12.7 Å². The molecule has 1 heterocycles. The van der Waals surface area contributed by atoms with E-state index in [-0.39, 0.29) is 16.5 Å². The highest BCUT2D eigenvalue weighted by Gasteiger charge is 2.12. The van der Waals surface area contributed by atoms with Crippen LogP contribution in [0.5, 0.6) is 0 Å². The molecule has 0 bridgehead atoms. The van der Waals surface area contributed by atoms with Gasteiger partial charge in [0, 0.05) is 11.3 Å². The van der Waals surface area contributed by atoms with E-state index in [2.05, 4.69) is 9.97 Å². The third kappa shape index (κ3) is 2.46. The predicted octanol–water partition coefficient (Wildman–Crippen LogP) is 2.94. The summed E-state index contributed by atoms with van der Waals surface area (Å²) in [6.45, 7) is 1.65. The Morgan fingerprint density at radius 3 is 2.67 bits per heavy atom. The van der Waals surface area contributed by atoms with Crippen molar-refractivity contribution < 1.29 is 14.3 Å². The van der Waals surface area contributed by atoms with Crippen LogP contribution in [0.3, 0.4) is 0 Å². The van der Waals surface area contributed by atoms with Gasteiger partial charge in [0.15, 0.2) is 11.5 Å². The quantitative estimate of drug-likeness (QED) is 0.908. The van der Waals surface area contributed by atoms with Gasteiger partial charge in [0.1, 0.15) is 5.82 Å². The highest BCUT2D eigenvalue weighted by Crippen LogP contribution is 2.26. The SMILES string of the molecule is Cc1cc(C(=O)O)nc(-c2ccc(F)cc2Cl)n1. The molecule has 0 aliphatic rings. The Morgan fingerprint density at radius 2 is 2.06 bits per heavy atom. The summed E-state index contributed by atoms with van der Waals surface area (Å²) in [5, 5.41) is 9.05. The fraction of sp³-hybridized carbons (Fsp3) is 0.0833. The maximum absolute atomic E-state index is 12.9. The van der Waals surface area contributed by atoms with Gasteiger partial charge in [0.25, 0.3) is 0 Å². The van der Waals surface area contributed by atoms with E-state index >= 15 is 0 Å². The molecule has 1 aromatic heterocycles. The second kappa shape index (κ2) is 4.70. The fourth-order valence-electron chi connectivity index (χ4n) is 1.47. The molecule has 92 valence electrons. The van der Waals surface area contributed by atoms with Crippen LogP contribution in [0.1, 0.15) is 16.2 Å². The number of aromatic nitrogens is 2. The Balaban J connectivity index is 2.60. The molecular weight excluding hydrogens is 259 g/mol. The number of aromatic carboxylic acids is 1.